The number of hydrogen-bond donors (Lipinski definition) is 0. The number of thiazole rings is 1. The van der Waals surface area contributed by atoms with Gasteiger partial charge in [-0.2, -0.15) is 0 Å². The molecule has 6 heteroatoms. The van der Waals surface area contributed by atoms with E-state index in [1.54, 1.807) is 18.0 Å². The third kappa shape index (κ3) is 4.69. The molecule has 1 fully saturated rings. The molecule has 0 saturated heterocycles. The van der Waals surface area contributed by atoms with E-state index >= 15 is 0 Å². The number of esters is 1. The highest BCUT2D eigenvalue weighted by molar-refractivity contribution is 7.19. The monoisotopic (exact) mass is 372 g/mol. The predicted molar refractivity (Wildman–Crippen MR) is 104 cm³/mol. The van der Waals surface area contributed by atoms with E-state index in [1.807, 2.05) is 24.3 Å². The van der Waals surface area contributed by atoms with Gasteiger partial charge in [0.2, 0.25) is 0 Å². The Kier molecular flexibility index (Phi) is 6.04. The highest BCUT2D eigenvalue weighted by Crippen LogP contribution is 2.26. The van der Waals surface area contributed by atoms with Gasteiger partial charge in [0.1, 0.15) is 5.01 Å². The molecule has 1 aliphatic carbocycles. The second-order valence-corrected chi connectivity index (χ2v) is 7.94. The Hall–Kier alpha value is -2.21. The fraction of sp³-hybridized carbons (Fsp3) is 0.450. The first-order valence-corrected chi connectivity index (χ1v) is 9.80. The molecule has 0 bridgehead atoms. The predicted octanol–water partition coefficient (Wildman–Crippen LogP) is 3.89. The Morgan fingerprint density at radius 2 is 2.00 bits per heavy atom. The van der Waals surface area contributed by atoms with Crippen LogP contribution in [0, 0.1) is 5.92 Å². The summed E-state index contributed by atoms with van der Waals surface area (Å²) in [6.45, 7) is 2.03. The lowest BCUT2D eigenvalue weighted by molar-refractivity contribution is -0.148. The Balaban J connectivity index is 1.47. The van der Waals surface area contributed by atoms with Crippen molar-refractivity contribution in [2.24, 2.45) is 5.92 Å². The Labute approximate surface area is 157 Å². The van der Waals surface area contributed by atoms with Crippen LogP contribution >= 0.6 is 11.3 Å². The maximum absolute atomic E-state index is 12.2. The van der Waals surface area contributed by atoms with E-state index in [2.05, 4.69) is 11.9 Å². The molecule has 0 atom stereocenters. The van der Waals surface area contributed by atoms with E-state index in [0.29, 0.717) is 0 Å². The van der Waals surface area contributed by atoms with Gasteiger partial charge in [0.05, 0.1) is 10.2 Å². The summed E-state index contributed by atoms with van der Waals surface area (Å²) in [5.74, 6) is 0.0646. The van der Waals surface area contributed by atoms with E-state index in [4.69, 9.17) is 4.74 Å². The van der Waals surface area contributed by atoms with Crippen molar-refractivity contribution in [2.75, 3.05) is 13.7 Å². The first kappa shape index (κ1) is 18.6. The molecular weight excluding hydrogens is 348 g/mol. The molecular formula is C20H24N2O3S. The SMILES string of the molecule is CC1CCC(N(C)C(=O)COC(=O)/C=C/c2nc3ccccc3s2)CC1. The Morgan fingerprint density at radius 1 is 1.27 bits per heavy atom. The van der Waals surface area contributed by atoms with Crippen molar-refractivity contribution < 1.29 is 14.3 Å². The number of ether oxygens (including phenoxy) is 1. The summed E-state index contributed by atoms with van der Waals surface area (Å²) >= 11 is 1.51. The van der Waals surface area contributed by atoms with E-state index in [-0.39, 0.29) is 18.6 Å². The van der Waals surface area contributed by atoms with Gasteiger partial charge in [-0.25, -0.2) is 9.78 Å². The van der Waals surface area contributed by atoms with Crippen LogP contribution in [-0.4, -0.2) is 41.5 Å². The highest BCUT2D eigenvalue weighted by atomic mass is 32.1. The number of para-hydroxylation sites is 1. The van der Waals surface area contributed by atoms with Gasteiger partial charge in [0, 0.05) is 19.2 Å². The number of carbonyl (C=O) groups excluding carboxylic acids is 2. The molecule has 0 N–H and O–H groups in total. The summed E-state index contributed by atoms with van der Waals surface area (Å²) in [5.41, 5.74) is 0.907. The molecule has 3 rings (SSSR count). The number of fused-ring (bicyclic) bond motifs is 1. The van der Waals surface area contributed by atoms with E-state index in [0.717, 1.165) is 46.8 Å². The molecule has 2 aromatic rings. The smallest absolute Gasteiger partial charge is 0.331 e. The average Bonchev–Trinajstić information content (AvgIpc) is 3.07. The van der Waals surface area contributed by atoms with Crippen LogP contribution < -0.4 is 0 Å². The molecule has 1 heterocycles. The normalized spacial score (nSPS) is 20.4. The van der Waals surface area contributed by atoms with Crippen molar-refractivity contribution in [1.82, 2.24) is 9.88 Å². The minimum Gasteiger partial charge on any atom is -0.452 e. The van der Waals surface area contributed by atoms with Crippen LogP contribution in [-0.2, 0) is 14.3 Å². The van der Waals surface area contributed by atoms with Gasteiger partial charge in [0.15, 0.2) is 6.61 Å². The van der Waals surface area contributed by atoms with Crippen molar-refractivity contribution in [3.8, 4) is 0 Å². The van der Waals surface area contributed by atoms with Crippen molar-refractivity contribution in [1.29, 1.82) is 0 Å². The van der Waals surface area contributed by atoms with E-state index < -0.39 is 5.97 Å². The lowest BCUT2D eigenvalue weighted by Crippen LogP contribution is -2.41. The maximum Gasteiger partial charge on any atom is 0.331 e. The quantitative estimate of drug-likeness (QED) is 0.590. The number of rotatable bonds is 5. The summed E-state index contributed by atoms with van der Waals surface area (Å²) in [6, 6.07) is 8.07. The fourth-order valence-electron chi connectivity index (χ4n) is 3.22. The number of hydrogen-bond acceptors (Lipinski definition) is 5. The molecule has 1 aromatic carbocycles. The summed E-state index contributed by atoms with van der Waals surface area (Å²) in [4.78, 5) is 30.3. The number of nitrogens with zero attached hydrogens (tertiary/aromatic N) is 2. The van der Waals surface area contributed by atoms with Crippen LogP contribution in [0.25, 0.3) is 16.3 Å². The molecule has 1 saturated carbocycles. The average molecular weight is 372 g/mol. The molecule has 0 radical (unpaired) electrons. The lowest BCUT2D eigenvalue weighted by Gasteiger charge is -2.33. The number of aromatic nitrogens is 1. The number of benzene rings is 1. The molecule has 0 spiro atoms. The Bertz CT molecular complexity index is 773. The number of likely N-dealkylation sites (N-methyl/N-ethyl adjacent to an activating group) is 1. The molecule has 5 nitrogen and oxygen atoms in total. The fourth-order valence-corrected chi connectivity index (χ4v) is 4.09. The second-order valence-electron chi connectivity index (χ2n) is 6.88. The molecule has 0 unspecified atom stereocenters. The standard InChI is InChI=1S/C20H24N2O3S/c1-14-7-9-15(10-8-14)22(2)19(23)13-25-20(24)12-11-18-21-16-5-3-4-6-17(16)26-18/h3-6,11-12,14-15H,7-10,13H2,1-2H3/b12-11+. The summed E-state index contributed by atoms with van der Waals surface area (Å²) in [7, 11) is 1.80. The molecule has 1 amide bonds. The first-order valence-electron chi connectivity index (χ1n) is 8.99. The zero-order valence-corrected chi connectivity index (χ0v) is 16.0. The highest BCUT2D eigenvalue weighted by Gasteiger charge is 2.25. The number of carbonyl (C=O) groups is 2. The van der Waals surface area contributed by atoms with Gasteiger partial charge in [-0.15, -0.1) is 11.3 Å². The van der Waals surface area contributed by atoms with Crippen LogP contribution in [0.1, 0.15) is 37.6 Å². The van der Waals surface area contributed by atoms with Crippen LogP contribution in [0.5, 0.6) is 0 Å². The van der Waals surface area contributed by atoms with E-state index in [9.17, 15) is 9.59 Å². The molecule has 26 heavy (non-hydrogen) atoms. The van der Waals surface area contributed by atoms with Crippen molar-refractivity contribution >= 4 is 39.5 Å². The minimum atomic E-state index is -0.525. The van der Waals surface area contributed by atoms with Gasteiger partial charge < -0.3 is 9.64 Å². The first-order chi connectivity index (χ1) is 12.5. The maximum atomic E-state index is 12.2. The van der Waals surface area contributed by atoms with Gasteiger partial charge in [-0.1, -0.05) is 19.1 Å². The Morgan fingerprint density at radius 3 is 2.73 bits per heavy atom. The minimum absolute atomic E-state index is 0.147. The van der Waals surface area contributed by atoms with Gasteiger partial charge in [-0.05, 0) is 49.8 Å². The van der Waals surface area contributed by atoms with Crippen molar-refractivity contribution in [3.05, 3.63) is 35.3 Å². The second kappa shape index (κ2) is 8.45. The summed E-state index contributed by atoms with van der Waals surface area (Å²) < 4.78 is 6.16. The summed E-state index contributed by atoms with van der Waals surface area (Å²) in [5, 5.41) is 0.739. The van der Waals surface area contributed by atoms with Crippen molar-refractivity contribution in [3.63, 3.8) is 0 Å². The number of amides is 1. The van der Waals surface area contributed by atoms with Crippen LogP contribution in [0.3, 0.4) is 0 Å². The zero-order chi connectivity index (χ0) is 18.5. The topological polar surface area (TPSA) is 59.5 Å². The van der Waals surface area contributed by atoms with Crippen molar-refractivity contribution in [2.45, 2.75) is 38.6 Å². The zero-order valence-electron chi connectivity index (χ0n) is 15.2. The lowest BCUT2D eigenvalue weighted by atomic mass is 9.87. The van der Waals surface area contributed by atoms with Gasteiger partial charge >= 0.3 is 5.97 Å². The van der Waals surface area contributed by atoms with Gasteiger partial charge in [-0.3, -0.25) is 4.79 Å². The molecule has 0 aliphatic heterocycles. The molecule has 1 aromatic heterocycles. The van der Waals surface area contributed by atoms with Crippen LogP contribution in [0.2, 0.25) is 0 Å². The molecule has 138 valence electrons. The largest absolute Gasteiger partial charge is 0.452 e. The third-order valence-electron chi connectivity index (χ3n) is 4.94. The summed E-state index contributed by atoms with van der Waals surface area (Å²) in [6.07, 6.45) is 7.29. The van der Waals surface area contributed by atoms with Crippen LogP contribution in [0.4, 0.5) is 0 Å². The van der Waals surface area contributed by atoms with Gasteiger partial charge in [0.25, 0.3) is 5.91 Å². The van der Waals surface area contributed by atoms with Crippen LogP contribution in [0.15, 0.2) is 30.3 Å². The third-order valence-corrected chi connectivity index (χ3v) is 5.94. The van der Waals surface area contributed by atoms with E-state index in [1.165, 1.54) is 17.4 Å². The molecule has 1 aliphatic rings.